The van der Waals surface area contributed by atoms with Crippen LogP contribution in [0.5, 0.6) is 23.0 Å². The Kier molecular flexibility index (Phi) is 8.79. The lowest BCUT2D eigenvalue weighted by molar-refractivity contribution is 0.0496. The van der Waals surface area contributed by atoms with Crippen molar-refractivity contribution in [2.45, 2.75) is 13.3 Å². The third-order valence-electron chi connectivity index (χ3n) is 6.09. The molecule has 0 aliphatic carbocycles. The molecule has 0 saturated carbocycles. The van der Waals surface area contributed by atoms with E-state index in [1.54, 1.807) is 49.4 Å². The van der Waals surface area contributed by atoms with Crippen LogP contribution in [-0.4, -0.2) is 47.4 Å². The molecule has 0 radical (unpaired) electrons. The summed E-state index contributed by atoms with van der Waals surface area (Å²) in [6, 6.07) is 21.4. The summed E-state index contributed by atoms with van der Waals surface area (Å²) in [6.45, 7) is 1.66. The first-order valence-corrected chi connectivity index (χ1v) is 12.6. The standard InChI is InChI=1S/C32H26O9/c1-3-18-40-32(38)23-24(26(33)19-12-6-4-7-13-19)28(35)29(36)30(41-31(37)20-14-8-5-9-15-20)25(23)27(34)21-16-10-11-17-22(21)39-2/h4-17,35-36H,3,18H2,1-2H3. The van der Waals surface area contributed by atoms with Gasteiger partial charge in [0.1, 0.15) is 5.75 Å². The van der Waals surface area contributed by atoms with Crippen molar-refractivity contribution in [3.05, 3.63) is 118 Å². The van der Waals surface area contributed by atoms with E-state index in [-0.39, 0.29) is 29.0 Å². The minimum absolute atomic E-state index is 0.0523. The summed E-state index contributed by atoms with van der Waals surface area (Å²) in [7, 11) is 1.33. The van der Waals surface area contributed by atoms with E-state index in [1.807, 2.05) is 0 Å². The summed E-state index contributed by atoms with van der Waals surface area (Å²) in [4.78, 5) is 54.5. The molecule has 4 aromatic carbocycles. The van der Waals surface area contributed by atoms with Crippen molar-refractivity contribution >= 4 is 23.5 Å². The van der Waals surface area contributed by atoms with Crippen LogP contribution in [0.4, 0.5) is 0 Å². The number of ketones is 2. The molecular weight excluding hydrogens is 528 g/mol. The minimum Gasteiger partial charge on any atom is -0.504 e. The number of phenols is 2. The van der Waals surface area contributed by atoms with Crippen molar-refractivity contribution < 1.29 is 43.6 Å². The lowest BCUT2D eigenvalue weighted by Gasteiger charge is -2.20. The Hall–Kier alpha value is -5.44. The topological polar surface area (TPSA) is 136 Å². The number of ether oxygens (including phenoxy) is 3. The van der Waals surface area contributed by atoms with Crippen LogP contribution >= 0.6 is 0 Å². The number of phenolic OH excluding ortho intramolecular Hbond substituents is 2. The normalized spacial score (nSPS) is 10.5. The Morgan fingerprint density at radius 1 is 0.659 bits per heavy atom. The van der Waals surface area contributed by atoms with Crippen LogP contribution in [0.25, 0.3) is 0 Å². The predicted octanol–water partition coefficient (Wildman–Crippen LogP) is 5.35. The van der Waals surface area contributed by atoms with E-state index < -0.39 is 57.4 Å². The monoisotopic (exact) mass is 554 g/mol. The van der Waals surface area contributed by atoms with Gasteiger partial charge in [0.15, 0.2) is 17.3 Å². The number of methoxy groups -OCH3 is 1. The van der Waals surface area contributed by atoms with Crippen LogP contribution in [0.15, 0.2) is 84.9 Å². The number of para-hydroxylation sites is 1. The largest absolute Gasteiger partial charge is 0.504 e. The van der Waals surface area contributed by atoms with Gasteiger partial charge < -0.3 is 24.4 Å². The second-order valence-electron chi connectivity index (χ2n) is 8.77. The highest BCUT2D eigenvalue weighted by molar-refractivity contribution is 6.24. The van der Waals surface area contributed by atoms with E-state index in [2.05, 4.69) is 0 Å². The molecule has 0 bridgehead atoms. The molecule has 0 atom stereocenters. The predicted molar refractivity (Wildman–Crippen MR) is 148 cm³/mol. The molecule has 4 rings (SSSR count). The van der Waals surface area contributed by atoms with E-state index in [0.717, 1.165) is 0 Å². The number of esters is 2. The first-order valence-electron chi connectivity index (χ1n) is 12.6. The van der Waals surface area contributed by atoms with Gasteiger partial charge in [0.05, 0.1) is 41.5 Å². The lowest BCUT2D eigenvalue weighted by atomic mass is 9.88. The number of rotatable bonds is 10. The molecule has 2 N–H and O–H groups in total. The second-order valence-corrected chi connectivity index (χ2v) is 8.77. The summed E-state index contributed by atoms with van der Waals surface area (Å²) >= 11 is 0. The zero-order valence-electron chi connectivity index (χ0n) is 22.2. The smallest absolute Gasteiger partial charge is 0.343 e. The highest BCUT2D eigenvalue weighted by Crippen LogP contribution is 2.47. The summed E-state index contributed by atoms with van der Waals surface area (Å²) in [5.74, 6) is -6.81. The highest BCUT2D eigenvalue weighted by atomic mass is 16.5. The van der Waals surface area contributed by atoms with Gasteiger partial charge in [-0.15, -0.1) is 0 Å². The molecule has 0 spiro atoms. The third-order valence-corrected chi connectivity index (χ3v) is 6.09. The molecule has 0 amide bonds. The van der Waals surface area contributed by atoms with Crippen molar-refractivity contribution in [3.8, 4) is 23.0 Å². The summed E-state index contributed by atoms with van der Waals surface area (Å²) in [5.41, 5.74) is -1.98. The van der Waals surface area contributed by atoms with Gasteiger partial charge in [-0.1, -0.05) is 67.6 Å². The van der Waals surface area contributed by atoms with Gasteiger partial charge in [0.2, 0.25) is 11.5 Å². The molecule has 9 nitrogen and oxygen atoms in total. The number of hydrogen-bond donors (Lipinski definition) is 2. The van der Waals surface area contributed by atoms with E-state index >= 15 is 0 Å². The fourth-order valence-corrected chi connectivity index (χ4v) is 4.14. The quantitative estimate of drug-likeness (QED) is 0.115. The number of carbonyl (C=O) groups excluding carboxylic acids is 4. The van der Waals surface area contributed by atoms with Crippen molar-refractivity contribution in [2.24, 2.45) is 0 Å². The van der Waals surface area contributed by atoms with Crippen LogP contribution in [-0.2, 0) is 4.74 Å². The second kappa shape index (κ2) is 12.6. The Labute approximate surface area is 235 Å². The number of hydrogen-bond acceptors (Lipinski definition) is 9. The molecule has 4 aromatic rings. The van der Waals surface area contributed by atoms with Crippen molar-refractivity contribution in [2.75, 3.05) is 13.7 Å². The Morgan fingerprint density at radius 3 is 1.85 bits per heavy atom. The van der Waals surface area contributed by atoms with Crippen LogP contribution in [0, 0.1) is 0 Å². The minimum atomic E-state index is -1.14. The summed E-state index contributed by atoms with van der Waals surface area (Å²) in [6.07, 6.45) is 0.406. The zero-order valence-corrected chi connectivity index (χ0v) is 22.2. The molecule has 9 heteroatoms. The van der Waals surface area contributed by atoms with Crippen LogP contribution in [0.3, 0.4) is 0 Å². The molecule has 0 aromatic heterocycles. The number of aromatic hydroxyl groups is 2. The van der Waals surface area contributed by atoms with Gasteiger partial charge in [-0.25, -0.2) is 9.59 Å². The third kappa shape index (κ3) is 5.79. The Morgan fingerprint density at radius 2 is 1.24 bits per heavy atom. The van der Waals surface area contributed by atoms with Gasteiger partial charge in [-0.05, 0) is 30.7 Å². The van der Waals surface area contributed by atoms with E-state index in [1.165, 1.54) is 49.6 Å². The van der Waals surface area contributed by atoms with Crippen molar-refractivity contribution in [1.82, 2.24) is 0 Å². The molecule has 41 heavy (non-hydrogen) atoms. The van der Waals surface area contributed by atoms with Crippen LogP contribution < -0.4 is 9.47 Å². The van der Waals surface area contributed by atoms with Gasteiger partial charge >= 0.3 is 11.9 Å². The Bertz CT molecular complexity index is 1610. The van der Waals surface area contributed by atoms with Gasteiger partial charge in [0.25, 0.3) is 0 Å². The van der Waals surface area contributed by atoms with E-state index in [9.17, 15) is 29.4 Å². The molecule has 0 heterocycles. The molecule has 0 fully saturated rings. The molecule has 208 valence electrons. The van der Waals surface area contributed by atoms with E-state index in [4.69, 9.17) is 14.2 Å². The maximum atomic E-state index is 14.2. The zero-order chi connectivity index (χ0) is 29.5. The SMILES string of the molecule is CCCOC(=O)c1c(C(=O)c2ccccc2)c(O)c(O)c(OC(=O)c2ccccc2)c1C(=O)c1ccccc1OC. The fraction of sp³-hybridized carbons (Fsp3) is 0.125. The van der Waals surface area contributed by atoms with Crippen LogP contribution in [0.1, 0.15) is 65.9 Å². The first-order chi connectivity index (χ1) is 19.8. The molecule has 0 saturated heterocycles. The molecule has 0 aliphatic rings. The maximum absolute atomic E-state index is 14.2. The number of benzene rings is 4. The first kappa shape index (κ1) is 28.6. The maximum Gasteiger partial charge on any atom is 0.343 e. The Balaban J connectivity index is 2.07. The highest BCUT2D eigenvalue weighted by Gasteiger charge is 2.38. The molecule has 0 aliphatic heterocycles. The summed E-state index contributed by atoms with van der Waals surface area (Å²) < 4.78 is 16.1. The molecular formula is C32H26O9. The van der Waals surface area contributed by atoms with E-state index in [0.29, 0.717) is 6.42 Å². The fourth-order valence-electron chi connectivity index (χ4n) is 4.14. The van der Waals surface area contributed by atoms with Crippen molar-refractivity contribution in [3.63, 3.8) is 0 Å². The van der Waals surface area contributed by atoms with Crippen molar-refractivity contribution in [1.29, 1.82) is 0 Å². The molecule has 0 unspecified atom stereocenters. The van der Waals surface area contributed by atoms with Gasteiger partial charge in [-0.3, -0.25) is 9.59 Å². The average molecular weight is 555 g/mol. The number of carbonyl (C=O) groups is 4. The average Bonchev–Trinajstić information content (AvgIpc) is 3.02. The summed E-state index contributed by atoms with van der Waals surface area (Å²) in [5, 5.41) is 22.3. The van der Waals surface area contributed by atoms with Crippen LogP contribution in [0.2, 0.25) is 0 Å². The van der Waals surface area contributed by atoms with Gasteiger partial charge in [0, 0.05) is 5.56 Å². The van der Waals surface area contributed by atoms with Gasteiger partial charge in [-0.2, -0.15) is 0 Å². The lowest BCUT2D eigenvalue weighted by Crippen LogP contribution is -2.22.